The second-order valence-electron chi connectivity index (χ2n) is 9.12. The third-order valence-corrected chi connectivity index (χ3v) is 6.15. The van der Waals surface area contributed by atoms with E-state index in [0.29, 0.717) is 0 Å². The summed E-state index contributed by atoms with van der Waals surface area (Å²) in [6, 6.07) is 16.5. The Labute approximate surface area is 196 Å². The molecule has 0 saturated heterocycles. The lowest BCUT2D eigenvalue weighted by Gasteiger charge is -2.32. The lowest BCUT2D eigenvalue weighted by molar-refractivity contribution is -0.112. The van der Waals surface area contributed by atoms with E-state index < -0.39 is 23.5 Å². The lowest BCUT2D eigenvalue weighted by Crippen LogP contribution is -2.26. The Balaban J connectivity index is 1.63. The van der Waals surface area contributed by atoms with Gasteiger partial charge in [-0.1, -0.05) is 61.9 Å². The fourth-order valence-electron chi connectivity index (χ4n) is 4.12. The van der Waals surface area contributed by atoms with Crippen LogP contribution in [0.5, 0.6) is 0 Å². The van der Waals surface area contributed by atoms with Gasteiger partial charge in [0.2, 0.25) is 0 Å². The second kappa shape index (κ2) is 8.71. The van der Waals surface area contributed by atoms with E-state index in [1.807, 2.05) is 13.0 Å². The highest BCUT2D eigenvalue weighted by Crippen LogP contribution is 2.41. The van der Waals surface area contributed by atoms with Crippen LogP contribution in [-0.2, 0) is 10.2 Å². The summed E-state index contributed by atoms with van der Waals surface area (Å²) in [5.74, 6) is -4.01. The highest BCUT2D eigenvalue weighted by molar-refractivity contribution is 6.46. The monoisotopic (exact) mass is 457 g/mol. The Morgan fingerprint density at radius 2 is 1.62 bits per heavy atom. The first-order valence-corrected chi connectivity index (χ1v) is 10.9. The minimum absolute atomic E-state index is 0.206. The summed E-state index contributed by atoms with van der Waals surface area (Å²) in [6.45, 7) is 6.20. The third kappa shape index (κ3) is 4.39. The van der Waals surface area contributed by atoms with Crippen molar-refractivity contribution in [2.75, 3.05) is 5.32 Å². The Morgan fingerprint density at radius 1 is 0.941 bits per heavy atom. The van der Waals surface area contributed by atoms with Gasteiger partial charge in [-0.2, -0.15) is 0 Å². The number of nitrogens with one attached hydrogen (secondary N) is 1. The molecule has 1 aliphatic rings. The number of benzene rings is 3. The van der Waals surface area contributed by atoms with Gasteiger partial charge in [0.25, 0.3) is 11.7 Å². The van der Waals surface area contributed by atoms with Gasteiger partial charge in [0.15, 0.2) is 0 Å². The topological polar surface area (TPSA) is 83.5 Å². The van der Waals surface area contributed by atoms with Gasteiger partial charge in [0.1, 0.15) is 5.82 Å². The number of aromatic carboxylic acids is 1. The molecule has 1 amide bonds. The van der Waals surface area contributed by atoms with Crippen LogP contribution in [0.15, 0.2) is 66.7 Å². The first-order valence-electron chi connectivity index (χ1n) is 10.9. The van der Waals surface area contributed by atoms with Crippen molar-refractivity contribution in [1.82, 2.24) is 0 Å². The van der Waals surface area contributed by atoms with E-state index in [0.717, 1.165) is 46.9 Å². The molecular weight excluding hydrogens is 433 g/mol. The summed E-state index contributed by atoms with van der Waals surface area (Å²) in [4.78, 5) is 36.4. The zero-order valence-electron chi connectivity index (χ0n) is 19.1. The summed E-state index contributed by atoms with van der Waals surface area (Å²) in [7, 11) is 0. The van der Waals surface area contributed by atoms with E-state index in [9.17, 15) is 18.8 Å². The molecular formula is C28H24FNO4. The van der Waals surface area contributed by atoms with Crippen molar-refractivity contribution in [3.8, 4) is 0 Å². The lowest BCUT2D eigenvalue weighted by atomic mass is 9.71. The van der Waals surface area contributed by atoms with Gasteiger partial charge >= 0.3 is 5.97 Å². The highest BCUT2D eigenvalue weighted by Gasteiger charge is 2.30. The number of anilines is 1. The van der Waals surface area contributed by atoms with E-state index in [2.05, 4.69) is 49.5 Å². The van der Waals surface area contributed by atoms with Crippen LogP contribution in [0.1, 0.15) is 63.2 Å². The molecule has 0 radical (unpaired) electrons. The number of halogens is 1. The number of carboxylic acid groups (broad SMARTS) is 1. The SMILES string of the molecule is Cc1ccc(C2=CCC(C)(C)c3cc(C(=O)C(=O)Nc4ccc(C(=O)O)cc4F)ccc32)cc1. The number of ketones is 1. The number of hydrogen-bond acceptors (Lipinski definition) is 3. The van der Waals surface area contributed by atoms with Crippen LogP contribution >= 0.6 is 0 Å². The summed E-state index contributed by atoms with van der Waals surface area (Å²) in [5.41, 5.74) is 4.75. The predicted octanol–water partition coefficient (Wildman–Crippen LogP) is 5.77. The maximum absolute atomic E-state index is 14.2. The number of carbonyl (C=O) groups excluding carboxylic acids is 2. The molecule has 5 nitrogen and oxygen atoms in total. The molecule has 0 fully saturated rings. The van der Waals surface area contributed by atoms with E-state index in [-0.39, 0.29) is 22.2 Å². The van der Waals surface area contributed by atoms with Crippen molar-refractivity contribution < 1.29 is 23.9 Å². The normalized spacial score (nSPS) is 14.1. The van der Waals surface area contributed by atoms with E-state index in [4.69, 9.17) is 5.11 Å². The van der Waals surface area contributed by atoms with Crippen molar-refractivity contribution in [2.45, 2.75) is 32.6 Å². The van der Waals surface area contributed by atoms with Crippen molar-refractivity contribution in [3.63, 3.8) is 0 Å². The first kappa shape index (κ1) is 23.1. The quantitative estimate of drug-likeness (QED) is 0.377. The summed E-state index contributed by atoms with van der Waals surface area (Å²) < 4.78 is 14.2. The van der Waals surface area contributed by atoms with Crippen LogP contribution in [-0.4, -0.2) is 22.8 Å². The smallest absolute Gasteiger partial charge is 0.335 e. The molecule has 3 aromatic carbocycles. The number of hydrogen-bond donors (Lipinski definition) is 2. The van der Waals surface area contributed by atoms with Gasteiger partial charge in [-0.15, -0.1) is 0 Å². The fourth-order valence-corrected chi connectivity index (χ4v) is 4.12. The van der Waals surface area contributed by atoms with Crippen LogP contribution < -0.4 is 5.32 Å². The molecule has 0 spiro atoms. The molecule has 0 aliphatic heterocycles. The minimum atomic E-state index is -1.29. The van der Waals surface area contributed by atoms with E-state index in [1.165, 1.54) is 5.56 Å². The molecule has 4 rings (SSSR count). The van der Waals surface area contributed by atoms with Crippen molar-refractivity contribution in [3.05, 3.63) is 106 Å². The Hall–Kier alpha value is -4.06. The molecule has 1 aliphatic carbocycles. The molecule has 0 aromatic heterocycles. The van der Waals surface area contributed by atoms with Gasteiger partial charge in [-0.25, -0.2) is 9.18 Å². The van der Waals surface area contributed by atoms with Gasteiger partial charge in [0.05, 0.1) is 11.3 Å². The van der Waals surface area contributed by atoms with Crippen LogP contribution in [0, 0.1) is 12.7 Å². The Morgan fingerprint density at radius 3 is 2.26 bits per heavy atom. The molecule has 0 saturated carbocycles. The van der Waals surface area contributed by atoms with Gasteiger partial charge < -0.3 is 10.4 Å². The van der Waals surface area contributed by atoms with Gasteiger partial charge in [0, 0.05) is 5.56 Å². The Bertz CT molecular complexity index is 1350. The van der Waals surface area contributed by atoms with E-state index >= 15 is 0 Å². The van der Waals surface area contributed by atoms with Crippen LogP contribution in [0.25, 0.3) is 5.57 Å². The average molecular weight is 458 g/mol. The minimum Gasteiger partial charge on any atom is -0.478 e. The second-order valence-corrected chi connectivity index (χ2v) is 9.12. The molecule has 0 heterocycles. The zero-order valence-corrected chi connectivity index (χ0v) is 19.1. The first-order chi connectivity index (χ1) is 16.1. The third-order valence-electron chi connectivity index (χ3n) is 6.15. The number of carbonyl (C=O) groups is 3. The number of amides is 1. The maximum Gasteiger partial charge on any atom is 0.335 e. The molecule has 34 heavy (non-hydrogen) atoms. The molecule has 3 aromatic rings. The largest absolute Gasteiger partial charge is 0.478 e. The number of carboxylic acids is 1. The van der Waals surface area contributed by atoms with Crippen LogP contribution in [0.3, 0.4) is 0 Å². The highest BCUT2D eigenvalue weighted by atomic mass is 19.1. The number of rotatable bonds is 5. The number of aryl methyl sites for hydroxylation is 1. The molecule has 6 heteroatoms. The molecule has 172 valence electrons. The number of fused-ring (bicyclic) bond motifs is 1. The number of Topliss-reactive ketones (excluding diaryl/α,β-unsaturated/α-hetero) is 1. The zero-order chi connectivity index (χ0) is 24.6. The molecule has 0 unspecified atom stereocenters. The summed E-state index contributed by atoms with van der Waals surface area (Å²) in [5, 5.41) is 11.2. The van der Waals surface area contributed by atoms with Crippen LogP contribution in [0.4, 0.5) is 10.1 Å². The van der Waals surface area contributed by atoms with E-state index in [1.54, 1.807) is 12.1 Å². The van der Waals surface area contributed by atoms with Crippen molar-refractivity contribution >= 4 is 28.9 Å². The predicted molar refractivity (Wildman–Crippen MR) is 129 cm³/mol. The molecule has 0 bridgehead atoms. The van der Waals surface area contributed by atoms with Crippen LogP contribution in [0.2, 0.25) is 0 Å². The van der Waals surface area contributed by atoms with Gasteiger partial charge in [-0.05, 0) is 65.3 Å². The Kier molecular flexibility index (Phi) is 5.92. The maximum atomic E-state index is 14.2. The standard InChI is InChI=1S/C28H24FNO4/c1-16-4-6-17(7-5-16)20-12-13-28(2,3)22-14-18(8-10-21(20)22)25(31)26(32)30-24-11-9-19(27(33)34)15-23(24)29/h4-12,14-15H,13H2,1-3H3,(H,30,32)(H,33,34). The number of allylic oxidation sites excluding steroid dienone is 1. The van der Waals surface area contributed by atoms with Gasteiger partial charge in [-0.3, -0.25) is 9.59 Å². The summed E-state index contributed by atoms with van der Waals surface area (Å²) in [6.07, 6.45) is 2.97. The van der Waals surface area contributed by atoms with Crippen molar-refractivity contribution in [2.24, 2.45) is 0 Å². The summed E-state index contributed by atoms with van der Waals surface area (Å²) >= 11 is 0. The van der Waals surface area contributed by atoms with Crippen molar-refractivity contribution in [1.29, 1.82) is 0 Å². The molecule has 0 atom stereocenters. The molecule has 2 N–H and O–H groups in total. The average Bonchev–Trinajstić information content (AvgIpc) is 2.80. The fraction of sp³-hybridized carbons (Fsp3) is 0.179.